The van der Waals surface area contributed by atoms with Gasteiger partial charge in [-0.15, -0.1) is 0 Å². The van der Waals surface area contributed by atoms with Gasteiger partial charge in [-0.05, 0) is 23.6 Å². The SMILES string of the molecule is C=C(CC)c1cccc(F)c1COC. The quantitative estimate of drug-likeness (QED) is 0.713. The average Bonchev–Trinajstić information content (AvgIpc) is 2.20. The van der Waals surface area contributed by atoms with Crippen LogP contribution >= 0.6 is 0 Å². The zero-order valence-corrected chi connectivity index (χ0v) is 8.64. The van der Waals surface area contributed by atoms with Crippen LogP contribution in [0.25, 0.3) is 5.57 Å². The van der Waals surface area contributed by atoms with Crippen molar-refractivity contribution in [3.63, 3.8) is 0 Å². The van der Waals surface area contributed by atoms with E-state index >= 15 is 0 Å². The molecule has 1 aromatic rings. The van der Waals surface area contributed by atoms with E-state index in [-0.39, 0.29) is 5.82 Å². The van der Waals surface area contributed by atoms with E-state index in [1.165, 1.54) is 6.07 Å². The number of hydrogen-bond acceptors (Lipinski definition) is 1. The maximum absolute atomic E-state index is 13.4. The Balaban J connectivity index is 3.13. The predicted molar refractivity (Wildman–Crippen MR) is 56.4 cm³/mol. The average molecular weight is 194 g/mol. The lowest BCUT2D eigenvalue weighted by Gasteiger charge is -2.10. The molecule has 0 aromatic heterocycles. The summed E-state index contributed by atoms with van der Waals surface area (Å²) in [6, 6.07) is 5.02. The molecular weight excluding hydrogens is 179 g/mol. The Labute approximate surface area is 84.2 Å². The topological polar surface area (TPSA) is 9.23 Å². The zero-order valence-electron chi connectivity index (χ0n) is 8.64. The van der Waals surface area contributed by atoms with E-state index in [4.69, 9.17) is 4.74 Å². The third-order valence-electron chi connectivity index (χ3n) is 2.22. The van der Waals surface area contributed by atoms with Gasteiger partial charge in [0.2, 0.25) is 0 Å². The van der Waals surface area contributed by atoms with Crippen molar-refractivity contribution in [1.82, 2.24) is 0 Å². The van der Waals surface area contributed by atoms with Crippen molar-refractivity contribution in [2.75, 3.05) is 7.11 Å². The van der Waals surface area contributed by atoms with Gasteiger partial charge in [0.1, 0.15) is 5.82 Å². The summed E-state index contributed by atoms with van der Waals surface area (Å²) in [5.41, 5.74) is 2.41. The molecule has 14 heavy (non-hydrogen) atoms. The minimum absolute atomic E-state index is 0.223. The van der Waals surface area contributed by atoms with Crippen LogP contribution in [-0.4, -0.2) is 7.11 Å². The van der Waals surface area contributed by atoms with Crippen LogP contribution in [0.2, 0.25) is 0 Å². The Morgan fingerprint density at radius 2 is 2.21 bits per heavy atom. The molecule has 0 amide bonds. The first-order valence-electron chi connectivity index (χ1n) is 4.65. The first-order valence-corrected chi connectivity index (χ1v) is 4.65. The fraction of sp³-hybridized carbons (Fsp3) is 0.333. The van der Waals surface area contributed by atoms with Gasteiger partial charge in [-0.25, -0.2) is 4.39 Å². The van der Waals surface area contributed by atoms with E-state index < -0.39 is 0 Å². The highest BCUT2D eigenvalue weighted by Crippen LogP contribution is 2.23. The summed E-state index contributed by atoms with van der Waals surface area (Å²) in [6.45, 7) is 6.20. The lowest BCUT2D eigenvalue weighted by atomic mass is 9.99. The fourth-order valence-corrected chi connectivity index (χ4v) is 1.37. The molecule has 0 aliphatic heterocycles. The number of rotatable bonds is 4. The van der Waals surface area contributed by atoms with Gasteiger partial charge < -0.3 is 4.74 Å². The lowest BCUT2D eigenvalue weighted by Crippen LogP contribution is -1.98. The van der Waals surface area contributed by atoms with Crippen molar-refractivity contribution in [2.45, 2.75) is 20.0 Å². The molecule has 0 spiro atoms. The molecule has 0 fully saturated rings. The second-order valence-electron chi connectivity index (χ2n) is 3.16. The standard InChI is InChI=1S/C12H15FO/c1-4-9(2)10-6-5-7-12(13)11(10)8-14-3/h5-7H,2,4,8H2,1,3H3. The van der Waals surface area contributed by atoms with E-state index in [0.717, 1.165) is 17.6 Å². The van der Waals surface area contributed by atoms with Gasteiger partial charge in [0.15, 0.2) is 0 Å². The number of ether oxygens (including phenoxy) is 1. The number of allylic oxidation sites excluding steroid dienone is 1. The molecule has 2 heteroatoms. The number of halogens is 1. The van der Waals surface area contributed by atoms with E-state index in [1.54, 1.807) is 13.2 Å². The zero-order chi connectivity index (χ0) is 10.6. The molecule has 1 aromatic carbocycles. The molecule has 0 heterocycles. The summed E-state index contributed by atoms with van der Waals surface area (Å²) in [5.74, 6) is -0.223. The molecule has 1 rings (SSSR count). The second kappa shape index (κ2) is 4.91. The number of hydrogen-bond donors (Lipinski definition) is 0. The molecule has 0 radical (unpaired) electrons. The van der Waals surface area contributed by atoms with E-state index in [0.29, 0.717) is 12.2 Å². The molecule has 0 N–H and O–H groups in total. The van der Waals surface area contributed by atoms with Crippen LogP contribution in [-0.2, 0) is 11.3 Å². The van der Waals surface area contributed by atoms with E-state index in [9.17, 15) is 4.39 Å². The number of benzene rings is 1. The Bertz CT molecular complexity index is 331. The lowest BCUT2D eigenvalue weighted by molar-refractivity contribution is 0.181. The van der Waals surface area contributed by atoms with Crippen molar-refractivity contribution in [3.05, 3.63) is 41.7 Å². The van der Waals surface area contributed by atoms with Crippen LogP contribution in [0.15, 0.2) is 24.8 Å². The van der Waals surface area contributed by atoms with Gasteiger partial charge in [0.25, 0.3) is 0 Å². The second-order valence-corrected chi connectivity index (χ2v) is 3.16. The van der Waals surface area contributed by atoms with Gasteiger partial charge in [0.05, 0.1) is 6.61 Å². The van der Waals surface area contributed by atoms with E-state index in [2.05, 4.69) is 6.58 Å². The predicted octanol–water partition coefficient (Wildman–Crippen LogP) is 3.40. The minimum Gasteiger partial charge on any atom is -0.380 e. The van der Waals surface area contributed by atoms with Gasteiger partial charge in [-0.3, -0.25) is 0 Å². The van der Waals surface area contributed by atoms with Crippen LogP contribution in [0.1, 0.15) is 24.5 Å². The fourth-order valence-electron chi connectivity index (χ4n) is 1.37. The highest BCUT2D eigenvalue weighted by molar-refractivity contribution is 5.66. The molecule has 0 saturated heterocycles. The molecule has 0 unspecified atom stereocenters. The summed E-state index contributed by atoms with van der Waals surface area (Å²) >= 11 is 0. The highest BCUT2D eigenvalue weighted by atomic mass is 19.1. The summed E-state index contributed by atoms with van der Waals surface area (Å²) < 4.78 is 18.4. The summed E-state index contributed by atoms with van der Waals surface area (Å²) in [5, 5.41) is 0. The van der Waals surface area contributed by atoms with Crippen LogP contribution in [0.3, 0.4) is 0 Å². The van der Waals surface area contributed by atoms with E-state index in [1.807, 2.05) is 13.0 Å². The molecule has 0 atom stereocenters. The Morgan fingerprint density at radius 1 is 1.50 bits per heavy atom. The first kappa shape index (κ1) is 10.9. The van der Waals surface area contributed by atoms with Crippen molar-refractivity contribution in [3.8, 4) is 0 Å². The Kier molecular flexibility index (Phi) is 3.84. The van der Waals surface area contributed by atoms with Gasteiger partial charge in [0, 0.05) is 12.7 Å². The Morgan fingerprint density at radius 3 is 2.79 bits per heavy atom. The van der Waals surface area contributed by atoms with Crippen LogP contribution < -0.4 is 0 Å². The monoisotopic (exact) mass is 194 g/mol. The van der Waals surface area contributed by atoms with Crippen LogP contribution in [0, 0.1) is 5.82 Å². The van der Waals surface area contributed by atoms with Crippen LogP contribution in [0.4, 0.5) is 4.39 Å². The summed E-state index contributed by atoms with van der Waals surface area (Å²) in [7, 11) is 1.56. The molecule has 76 valence electrons. The van der Waals surface area contributed by atoms with Gasteiger partial charge in [-0.2, -0.15) is 0 Å². The molecule has 1 nitrogen and oxygen atoms in total. The highest BCUT2D eigenvalue weighted by Gasteiger charge is 2.09. The van der Waals surface area contributed by atoms with Crippen molar-refractivity contribution in [1.29, 1.82) is 0 Å². The molecule has 0 aliphatic rings. The largest absolute Gasteiger partial charge is 0.380 e. The molecule has 0 aliphatic carbocycles. The third-order valence-corrected chi connectivity index (χ3v) is 2.22. The van der Waals surface area contributed by atoms with Crippen LogP contribution in [0.5, 0.6) is 0 Å². The van der Waals surface area contributed by atoms with Crippen molar-refractivity contribution in [2.24, 2.45) is 0 Å². The summed E-state index contributed by atoms with van der Waals surface area (Å²) in [4.78, 5) is 0. The maximum atomic E-state index is 13.4. The maximum Gasteiger partial charge on any atom is 0.129 e. The number of methoxy groups -OCH3 is 1. The molecule has 0 saturated carbocycles. The van der Waals surface area contributed by atoms with Gasteiger partial charge in [-0.1, -0.05) is 25.6 Å². The Hall–Kier alpha value is -1.15. The first-order chi connectivity index (χ1) is 6.70. The van der Waals surface area contributed by atoms with Crippen molar-refractivity contribution < 1.29 is 9.13 Å². The normalized spacial score (nSPS) is 10.2. The molecule has 0 bridgehead atoms. The smallest absolute Gasteiger partial charge is 0.129 e. The molecular formula is C12H15FO. The minimum atomic E-state index is -0.223. The third kappa shape index (κ3) is 2.20. The summed E-state index contributed by atoms with van der Waals surface area (Å²) in [6.07, 6.45) is 0.820. The van der Waals surface area contributed by atoms with Crippen molar-refractivity contribution >= 4 is 5.57 Å². The van der Waals surface area contributed by atoms with Gasteiger partial charge >= 0.3 is 0 Å².